The van der Waals surface area contributed by atoms with Crippen LogP contribution in [0.3, 0.4) is 0 Å². The van der Waals surface area contributed by atoms with Crippen LogP contribution in [0.2, 0.25) is 0 Å². The molecule has 0 fully saturated rings. The third kappa shape index (κ3) is 4.31. The summed E-state index contributed by atoms with van der Waals surface area (Å²) in [5, 5.41) is 4.22. The van der Waals surface area contributed by atoms with Crippen molar-refractivity contribution >= 4 is 16.8 Å². The zero-order valence-electron chi connectivity index (χ0n) is 16.4. The number of likely N-dealkylation sites (N-methyl/N-ethyl adjacent to an activating group) is 1. The van der Waals surface area contributed by atoms with E-state index >= 15 is 0 Å². The van der Waals surface area contributed by atoms with Crippen molar-refractivity contribution in [2.24, 2.45) is 7.05 Å². The highest BCUT2D eigenvalue weighted by atomic mass is 16.5. The predicted octanol–water partition coefficient (Wildman–Crippen LogP) is 3.28. The molecule has 5 heteroatoms. The monoisotopic (exact) mass is 365 g/mol. The molecule has 0 radical (unpaired) electrons. The van der Waals surface area contributed by atoms with Gasteiger partial charge >= 0.3 is 0 Å². The summed E-state index contributed by atoms with van der Waals surface area (Å²) >= 11 is 0. The average Bonchev–Trinajstić information content (AvgIpc) is 2.98. The van der Waals surface area contributed by atoms with Crippen LogP contribution in [-0.4, -0.2) is 42.6 Å². The number of carbonyl (C=O) groups is 1. The number of hydrogen-bond acceptors (Lipinski definition) is 3. The molecular weight excluding hydrogens is 338 g/mol. The first-order valence-electron chi connectivity index (χ1n) is 9.13. The number of nitrogens with zero attached hydrogens (tertiary/aromatic N) is 2. The SMILES string of the molecule is Cc1ccccc1OCC(=O)NCC(c1cn(C)c2ccccc12)N(C)C. The molecule has 0 saturated heterocycles. The second-order valence-electron chi connectivity index (χ2n) is 7.05. The van der Waals surface area contributed by atoms with Crippen molar-refractivity contribution in [3.05, 3.63) is 65.9 Å². The van der Waals surface area contributed by atoms with Gasteiger partial charge in [-0.1, -0.05) is 36.4 Å². The van der Waals surface area contributed by atoms with Crippen molar-refractivity contribution < 1.29 is 9.53 Å². The Kier molecular flexibility index (Phi) is 5.81. The quantitative estimate of drug-likeness (QED) is 0.699. The van der Waals surface area contributed by atoms with Crippen LogP contribution in [-0.2, 0) is 11.8 Å². The van der Waals surface area contributed by atoms with Crippen LogP contribution in [0.4, 0.5) is 0 Å². The van der Waals surface area contributed by atoms with Gasteiger partial charge in [-0.25, -0.2) is 0 Å². The zero-order chi connectivity index (χ0) is 19.4. The number of nitrogens with one attached hydrogen (secondary N) is 1. The molecule has 5 nitrogen and oxygen atoms in total. The number of ether oxygens (including phenoxy) is 1. The maximum Gasteiger partial charge on any atom is 0.258 e. The lowest BCUT2D eigenvalue weighted by Gasteiger charge is -2.24. The van der Waals surface area contributed by atoms with E-state index in [1.165, 1.54) is 16.5 Å². The number of carbonyl (C=O) groups excluding carboxylic acids is 1. The van der Waals surface area contributed by atoms with E-state index in [2.05, 4.69) is 33.1 Å². The molecule has 0 saturated carbocycles. The van der Waals surface area contributed by atoms with Crippen LogP contribution < -0.4 is 10.1 Å². The molecule has 2 aromatic carbocycles. The maximum absolute atomic E-state index is 12.3. The average molecular weight is 365 g/mol. The molecule has 142 valence electrons. The van der Waals surface area contributed by atoms with Gasteiger partial charge in [0, 0.05) is 30.7 Å². The molecule has 3 rings (SSSR count). The lowest BCUT2D eigenvalue weighted by Crippen LogP contribution is -2.36. The molecule has 1 atom stereocenters. The molecule has 0 aliphatic heterocycles. The summed E-state index contributed by atoms with van der Waals surface area (Å²) in [6.07, 6.45) is 2.14. The van der Waals surface area contributed by atoms with Crippen LogP contribution in [0.15, 0.2) is 54.7 Å². The first-order valence-corrected chi connectivity index (χ1v) is 9.13. The van der Waals surface area contributed by atoms with Gasteiger partial charge in [-0.3, -0.25) is 4.79 Å². The minimum Gasteiger partial charge on any atom is -0.484 e. The summed E-state index contributed by atoms with van der Waals surface area (Å²) in [6, 6.07) is 16.1. The van der Waals surface area contributed by atoms with Crippen molar-refractivity contribution in [2.45, 2.75) is 13.0 Å². The van der Waals surface area contributed by atoms with Crippen LogP contribution in [0.1, 0.15) is 17.2 Å². The normalized spacial score (nSPS) is 12.3. The van der Waals surface area contributed by atoms with Gasteiger partial charge in [-0.15, -0.1) is 0 Å². The van der Waals surface area contributed by atoms with Gasteiger partial charge in [-0.2, -0.15) is 0 Å². The van der Waals surface area contributed by atoms with Gasteiger partial charge in [-0.05, 0) is 44.3 Å². The number of benzene rings is 2. The van der Waals surface area contributed by atoms with Gasteiger partial charge in [0.05, 0.1) is 6.04 Å². The Bertz CT molecular complexity index is 930. The van der Waals surface area contributed by atoms with E-state index in [4.69, 9.17) is 4.74 Å². The highest BCUT2D eigenvalue weighted by Gasteiger charge is 2.20. The van der Waals surface area contributed by atoms with Crippen LogP contribution in [0, 0.1) is 6.92 Å². The van der Waals surface area contributed by atoms with Crippen LogP contribution in [0.25, 0.3) is 10.9 Å². The topological polar surface area (TPSA) is 46.5 Å². The fourth-order valence-corrected chi connectivity index (χ4v) is 3.33. The highest BCUT2D eigenvalue weighted by molar-refractivity contribution is 5.84. The molecule has 0 aliphatic carbocycles. The molecular formula is C22H27N3O2. The third-order valence-electron chi connectivity index (χ3n) is 4.86. The Morgan fingerprint density at radius 3 is 2.59 bits per heavy atom. The number of rotatable bonds is 7. The second-order valence-corrected chi connectivity index (χ2v) is 7.05. The van der Waals surface area contributed by atoms with E-state index in [9.17, 15) is 4.79 Å². The van der Waals surface area contributed by atoms with E-state index in [1.54, 1.807) is 0 Å². The number of aryl methyl sites for hydroxylation is 2. The summed E-state index contributed by atoms with van der Waals surface area (Å²) in [6.45, 7) is 2.51. The van der Waals surface area contributed by atoms with E-state index in [0.717, 1.165) is 11.3 Å². The van der Waals surface area contributed by atoms with Gasteiger partial charge in [0.1, 0.15) is 5.75 Å². The Morgan fingerprint density at radius 2 is 1.85 bits per heavy atom. The molecule has 1 heterocycles. The Hall–Kier alpha value is -2.79. The summed E-state index contributed by atoms with van der Waals surface area (Å²) in [5.74, 6) is 0.621. The van der Waals surface area contributed by atoms with Gasteiger partial charge < -0.3 is 19.5 Å². The second kappa shape index (κ2) is 8.27. The summed E-state index contributed by atoms with van der Waals surface area (Å²) < 4.78 is 7.77. The summed E-state index contributed by atoms with van der Waals surface area (Å²) in [7, 11) is 6.11. The molecule has 0 aliphatic rings. The van der Waals surface area contributed by atoms with E-state index in [-0.39, 0.29) is 18.6 Å². The molecule has 27 heavy (non-hydrogen) atoms. The highest BCUT2D eigenvalue weighted by Crippen LogP contribution is 2.28. The molecule has 1 N–H and O–H groups in total. The predicted molar refractivity (Wildman–Crippen MR) is 109 cm³/mol. The molecule has 1 aromatic heterocycles. The van der Waals surface area contributed by atoms with Crippen molar-refractivity contribution in [3.63, 3.8) is 0 Å². The Labute approximate surface area is 160 Å². The molecule has 1 unspecified atom stereocenters. The molecule has 3 aromatic rings. The standard InChI is InChI=1S/C22H27N3O2/c1-16-9-5-8-12-21(16)27-15-22(26)23-13-20(24(2)3)18-14-25(4)19-11-7-6-10-17(18)19/h5-12,14,20H,13,15H2,1-4H3,(H,23,26). The van der Waals surface area contributed by atoms with Crippen LogP contribution in [0.5, 0.6) is 5.75 Å². The van der Waals surface area contributed by atoms with Crippen molar-refractivity contribution in [2.75, 3.05) is 27.2 Å². The Morgan fingerprint density at radius 1 is 1.15 bits per heavy atom. The lowest BCUT2D eigenvalue weighted by atomic mass is 10.0. The minimum atomic E-state index is -0.120. The minimum absolute atomic E-state index is 0.0144. The van der Waals surface area contributed by atoms with Crippen molar-refractivity contribution in [1.29, 1.82) is 0 Å². The van der Waals surface area contributed by atoms with Gasteiger partial charge in [0.15, 0.2) is 6.61 Å². The van der Waals surface area contributed by atoms with Crippen LogP contribution >= 0.6 is 0 Å². The lowest BCUT2D eigenvalue weighted by molar-refractivity contribution is -0.123. The first-order chi connectivity index (χ1) is 13.0. The molecule has 0 spiro atoms. The number of hydrogen-bond donors (Lipinski definition) is 1. The fraction of sp³-hybridized carbons (Fsp3) is 0.318. The number of para-hydroxylation sites is 2. The summed E-state index contributed by atoms with van der Waals surface area (Å²) in [5.41, 5.74) is 3.42. The van der Waals surface area contributed by atoms with E-state index in [1.807, 2.05) is 64.5 Å². The zero-order valence-corrected chi connectivity index (χ0v) is 16.4. The smallest absolute Gasteiger partial charge is 0.258 e. The van der Waals surface area contributed by atoms with E-state index < -0.39 is 0 Å². The molecule has 1 amide bonds. The summed E-state index contributed by atoms with van der Waals surface area (Å²) in [4.78, 5) is 14.4. The van der Waals surface area contributed by atoms with Gasteiger partial charge in [0.25, 0.3) is 5.91 Å². The fourth-order valence-electron chi connectivity index (χ4n) is 3.33. The van der Waals surface area contributed by atoms with Crippen molar-refractivity contribution in [1.82, 2.24) is 14.8 Å². The molecule has 0 bridgehead atoms. The Balaban J connectivity index is 1.66. The maximum atomic E-state index is 12.3. The first kappa shape index (κ1) is 19.0. The third-order valence-corrected chi connectivity index (χ3v) is 4.86. The number of fused-ring (bicyclic) bond motifs is 1. The number of aromatic nitrogens is 1. The van der Waals surface area contributed by atoms with Gasteiger partial charge in [0.2, 0.25) is 0 Å². The van der Waals surface area contributed by atoms with Crippen molar-refractivity contribution in [3.8, 4) is 5.75 Å². The van der Waals surface area contributed by atoms with E-state index in [0.29, 0.717) is 6.54 Å². The number of amides is 1. The largest absolute Gasteiger partial charge is 0.484 e.